The van der Waals surface area contributed by atoms with Gasteiger partial charge in [0.05, 0.1) is 12.1 Å². The summed E-state index contributed by atoms with van der Waals surface area (Å²) in [6.45, 7) is 0.693. The molecule has 0 saturated heterocycles. The summed E-state index contributed by atoms with van der Waals surface area (Å²) in [7, 11) is 1.69. The molecular weight excluding hydrogens is 178 g/mol. The van der Waals surface area contributed by atoms with Crippen LogP contribution in [0.15, 0.2) is 24.4 Å². The lowest BCUT2D eigenvalue weighted by Crippen LogP contribution is -1.95. The Labute approximate surface area is 82.3 Å². The number of methoxy groups -OCH3 is 1. The summed E-state index contributed by atoms with van der Waals surface area (Å²) in [6.07, 6.45) is 2.69. The molecule has 0 saturated carbocycles. The number of nitrogens with one attached hydrogen (secondary N) is 1. The second kappa shape index (κ2) is 3.72. The molecule has 0 aliphatic carbocycles. The number of aromatic nitrogens is 1. The average Bonchev–Trinajstić information content (AvgIpc) is 2.66. The Morgan fingerprint density at radius 2 is 2.21 bits per heavy atom. The molecule has 14 heavy (non-hydrogen) atoms. The molecule has 1 aromatic heterocycles. The topological polar surface area (TPSA) is 45.2 Å². The molecule has 3 nitrogen and oxygen atoms in total. The third-order valence-electron chi connectivity index (χ3n) is 2.36. The van der Waals surface area contributed by atoms with Crippen molar-refractivity contribution in [1.29, 1.82) is 0 Å². The van der Waals surface area contributed by atoms with Gasteiger partial charge in [0.2, 0.25) is 0 Å². The van der Waals surface area contributed by atoms with Crippen molar-refractivity contribution in [2.24, 2.45) is 0 Å². The lowest BCUT2D eigenvalue weighted by Gasteiger charge is -2.03. The van der Waals surface area contributed by atoms with E-state index in [4.69, 9.17) is 4.74 Å². The summed E-state index contributed by atoms with van der Waals surface area (Å²) in [5.74, 6) is 0.322. The summed E-state index contributed by atoms with van der Waals surface area (Å²) < 4.78 is 5.03. The van der Waals surface area contributed by atoms with Crippen molar-refractivity contribution in [2.45, 2.75) is 6.42 Å². The van der Waals surface area contributed by atoms with Gasteiger partial charge < -0.3 is 14.8 Å². The maximum atomic E-state index is 9.56. The van der Waals surface area contributed by atoms with Gasteiger partial charge in [0.25, 0.3) is 0 Å². The zero-order valence-corrected chi connectivity index (χ0v) is 8.08. The fraction of sp³-hybridized carbons (Fsp3) is 0.273. The van der Waals surface area contributed by atoms with E-state index in [1.165, 1.54) is 5.56 Å². The molecule has 0 aliphatic heterocycles. The molecule has 0 bridgehead atoms. The molecule has 0 unspecified atom stereocenters. The minimum atomic E-state index is 0.322. The maximum absolute atomic E-state index is 9.56. The molecular formula is C11H13NO2. The third-order valence-corrected chi connectivity index (χ3v) is 2.36. The second-order valence-electron chi connectivity index (χ2n) is 3.25. The molecule has 1 aromatic carbocycles. The van der Waals surface area contributed by atoms with Crippen LogP contribution in [0.5, 0.6) is 5.75 Å². The number of aromatic amines is 1. The molecule has 2 rings (SSSR count). The molecule has 0 spiro atoms. The van der Waals surface area contributed by atoms with Gasteiger partial charge in [0, 0.05) is 18.7 Å². The van der Waals surface area contributed by atoms with E-state index in [2.05, 4.69) is 4.98 Å². The molecule has 0 radical (unpaired) electrons. The molecule has 2 N–H and O–H groups in total. The fourth-order valence-corrected chi connectivity index (χ4v) is 1.62. The number of benzene rings is 1. The second-order valence-corrected chi connectivity index (χ2v) is 3.25. The van der Waals surface area contributed by atoms with Gasteiger partial charge in [-0.2, -0.15) is 0 Å². The van der Waals surface area contributed by atoms with Crippen LogP contribution in [-0.4, -0.2) is 23.8 Å². The van der Waals surface area contributed by atoms with Crippen molar-refractivity contribution in [3.63, 3.8) is 0 Å². The first-order chi connectivity index (χ1) is 6.83. The van der Waals surface area contributed by atoms with Crippen molar-refractivity contribution in [3.8, 4) is 5.75 Å². The number of phenols is 1. The Bertz CT molecular complexity index is 434. The van der Waals surface area contributed by atoms with E-state index in [9.17, 15) is 5.11 Å². The Hall–Kier alpha value is -1.48. The summed E-state index contributed by atoms with van der Waals surface area (Å²) >= 11 is 0. The summed E-state index contributed by atoms with van der Waals surface area (Å²) in [5.41, 5.74) is 2.17. The first kappa shape index (κ1) is 9.09. The van der Waals surface area contributed by atoms with E-state index < -0.39 is 0 Å². The van der Waals surface area contributed by atoms with E-state index in [0.29, 0.717) is 12.4 Å². The molecule has 0 fully saturated rings. The first-order valence-electron chi connectivity index (χ1n) is 4.60. The maximum Gasteiger partial charge on any atom is 0.124 e. The Kier molecular flexibility index (Phi) is 2.41. The van der Waals surface area contributed by atoms with Gasteiger partial charge in [-0.25, -0.2) is 0 Å². The van der Waals surface area contributed by atoms with Gasteiger partial charge in [0.15, 0.2) is 0 Å². The van der Waals surface area contributed by atoms with E-state index >= 15 is 0 Å². The van der Waals surface area contributed by atoms with Gasteiger partial charge in [-0.15, -0.1) is 0 Å². The van der Waals surface area contributed by atoms with Crippen LogP contribution in [0.1, 0.15) is 5.56 Å². The number of phenolic OH excluding ortho intramolecular Hbond substituents is 1. The standard InChI is InChI=1S/C11H13NO2/c1-14-7-5-8-2-3-10(13)9-4-6-12-11(8)9/h2-4,6,12-13H,5,7H2,1H3. The molecule has 74 valence electrons. The highest BCUT2D eigenvalue weighted by atomic mass is 16.5. The number of aromatic hydroxyl groups is 1. The van der Waals surface area contributed by atoms with Crippen molar-refractivity contribution in [1.82, 2.24) is 4.98 Å². The molecule has 0 aliphatic rings. The Morgan fingerprint density at radius 3 is 3.00 bits per heavy atom. The highest BCUT2D eigenvalue weighted by Gasteiger charge is 2.05. The van der Waals surface area contributed by atoms with Crippen molar-refractivity contribution in [3.05, 3.63) is 30.0 Å². The van der Waals surface area contributed by atoms with Crippen molar-refractivity contribution in [2.75, 3.05) is 13.7 Å². The zero-order chi connectivity index (χ0) is 9.97. The Balaban J connectivity index is 2.45. The largest absolute Gasteiger partial charge is 0.507 e. The van der Waals surface area contributed by atoms with Crippen molar-refractivity contribution >= 4 is 10.9 Å². The number of ether oxygens (including phenoxy) is 1. The van der Waals surface area contributed by atoms with Gasteiger partial charge >= 0.3 is 0 Å². The first-order valence-corrected chi connectivity index (χ1v) is 4.60. The number of rotatable bonds is 3. The normalized spacial score (nSPS) is 10.9. The van der Waals surface area contributed by atoms with Crippen LogP contribution >= 0.6 is 0 Å². The third kappa shape index (κ3) is 1.46. The predicted molar refractivity (Wildman–Crippen MR) is 55.5 cm³/mol. The van der Waals surface area contributed by atoms with Crippen LogP contribution < -0.4 is 0 Å². The quantitative estimate of drug-likeness (QED) is 0.780. The molecule has 2 aromatic rings. The minimum absolute atomic E-state index is 0.322. The lowest BCUT2D eigenvalue weighted by molar-refractivity contribution is 0.202. The van der Waals surface area contributed by atoms with Crippen LogP contribution in [0, 0.1) is 0 Å². The molecule has 3 heteroatoms. The van der Waals surface area contributed by atoms with E-state index in [-0.39, 0.29) is 0 Å². The highest BCUT2D eigenvalue weighted by molar-refractivity contribution is 5.88. The van der Waals surface area contributed by atoms with Gasteiger partial charge in [-0.3, -0.25) is 0 Å². The summed E-state index contributed by atoms with van der Waals surface area (Å²) in [6, 6.07) is 5.52. The molecule has 0 amide bonds. The number of hydrogen-bond donors (Lipinski definition) is 2. The molecule has 0 atom stereocenters. The predicted octanol–water partition coefficient (Wildman–Crippen LogP) is 2.06. The zero-order valence-electron chi connectivity index (χ0n) is 8.08. The van der Waals surface area contributed by atoms with Crippen LogP contribution in [-0.2, 0) is 11.2 Å². The summed E-state index contributed by atoms with van der Waals surface area (Å²) in [5, 5.41) is 10.4. The monoisotopic (exact) mass is 191 g/mol. The van der Waals surface area contributed by atoms with E-state index in [1.54, 1.807) is 13.2 Å². The van der Waals surface area contributed by atoms with Crippen LogP contribution in [0.4, 0.5) is 0 Å². The highest BCUT2D eigenvalue weighted by Crippen LogP contribution is 2.26. The Morgan fingerprint density at radius 1 is 1.36 bits per heavy atom. The number of hydrogen-bond acceptors (Lipinski definition) is 2. The van der Waals surface area contributed by atoms with E-state index in [1.807, 2.05) is 18.3 Å². The lowest BCUT2D eigenvalue weighted by atomic mass is 10.1. The van der Waals surface area contributed by atoms with Crippen LogP contribution in [0.2, 0.25) is 0 Å². The smallest absolute Gasteiger partial charge is 0.124 e. The molecule has 1 heterocycles. The fourth-order valence-electron chi connectivity index (χ4n) is 1.62. The van der Waals surface area contributed by atoms with Crippen molar-refractivity contribution < 1.29 is 9.84 Å². The van der Waals surface area contributed by atoms with Crippen LogP contribution in [0.3, 0.4) is 0 Å². The van der Waals surface area contributed by atoms with Crippen LogP contribution in [0.25, 0.3) is 10.9 Å². The average molecular weight is 191 g/mol. The minimum Gasteiger partial charge on any atom is -0.507 e. The van der Waals surface area contributed by atoms with E-state index in [0.717, 1.165) is 17.3 Å². The number of H-pyrrole nitrogens is 1. The van der Waals surface area contributed by atoms with Gasteiger partial charge in [-0.1, -0.05) is 6.07 Å². The number of fused-ring (bicyclic) bond motifs is 1. The SMILES string of the molecule is COCCc1ccc(O)c2cc[nH]c12. The van der Waals surface area contributed by atoms with Gasteiger partial charge in [0.1, 0.15) is 5.75 Å². The summed E-state index contributed by atoms with van der Waals surface area (Å²) in [4.78, 5) is 3.12. The van der Waals surface area contributed by atoms with Gasteiger partial charge in [-0.05, 0) is 24.1 Å².